The summed E-state index contributed by atoms with van der Waals surface area (Å²) in [5.41, 5.74) is 5.75. The van der Waals surface area contributed by atoms with Crippen molar-refractivity contribution < 1.29 is 9.53 Å². The van der Waals surface area contributed by atoms with E-state index in [1.165, 1.54) is 0 Å². The van der Waals surface area contributed by atoms with E-state index >= 15 is 0 Å². The number of nitrogens with two attached hydrogens (primary N) is 1. The molecule has 88 valence electrons. The van der Waals surface area contributed by atoms with Crippen LogP contribution in [0.4, 0.5) is 0 Å². The van der Waals surface area contributed by atoms with Crippen LogP contribution in [-0.4, -0.2) is 55.7 Å². The van der Waals surface area contributed by atoms with Crippen molar-refractivity contribution in [1.29, 1.82) is 0 Å². The lowest BCUT2D eigenvalue weighted by molar-refractivity contribution is -0.132. The van der Waals surface area contributed by atoms with Crippen LogP contribution in [0.15, 0.2) is 0 Å². The van der Waals surface area contributed by atoms with E-state index in [1.807, 2.05) is 13.8 Å². The molecule has 1 fully saturated rings. The van der Waals surface area contributed by atoms with Crippen molar-refractivity contribution in [2.75, 3.05) is 32.8 Å². The molecule has 1 saturated heterocycles. The molecule has 2 unspecified atom stereocenters. The molecule has 0 saturated carbocycles. The van der Waals surface area contributed by atoms with Gasteiger partial charge < -0.3 is 15.8 Å². The summed E-state index contributed by atoms with van der Waals surface area (Å²) in [6.45, 7) is 7.19. The molecule has 1 aliphatic rings. The van der Waals surface area contributed by atoms with Gasteiger partial charge in [0.2, 0.25) is 5.91 Å². The second-order valence-electron chi connectivity index (χ2n) is 3.96. The van der Waals surface area contributed by atoms with Crippen LogP contribution in [-0.2, 0) is 9.53 Å². The Bertz CT molecular complexity index is 209. The van der Waals surface area contributed by atoms with Gasteiger partial charge >= 0.3 is 0 Å². The molecule has 3 N–H and O–H groups in total. The van der Waals surface area contributed by atoms with Gasteiger partial charge in [0.05, 0.1) is 13.2 Å². The first kappa shape index (κ1) is 12.4. The molecule has 2 atom stereocenters. The lowest BCUT2D eigenvalue weighted by Gasteiger charge is -2.35. The lowest BCUT2D eigenvalue weighted by Crippen LogP contribution is -2.56. The molecular formula is C10H21N3O2. The Kier molecular flexibility index (Phi) is 5.01. The van der Waals surface area contributed by atoms with Crippen molar-refractivity contribution >= 4 is 5.91 Å². The van der Waals surface area contributed by atoms with E-state index in [1.54, 1.807) is 0 Å². The van der Waals surface area contributed by atoms with Crippen LogP contribution in [0.3, 0.4) is 0 Å². The zero-order valence-corrected chi connectivity index (χ0v) is 9.53. The molecular weight excluding hydrogens is 194 g/mol. The van der Waals surface area contributed by atoms with E-state index < -0.39 is 0 Å². The van der Waals surface area contributed by atoms with Crippen molar-refractivity contribution in [1.82, 2.24) is 10.2 Å². The Hall–Kier alpha value is -0.650. The first-order chi connectivity index (χ1) is 7.15. The summed E-state index contributed by atoms with van der Waals surface area (Å²) in [5.74, 6) is 0.0397. The Balaban J connectivity index is 2.52. The van der Waals surface area contributed by atoms with Crippen LogP contribution in [0.1, 0.15) is 13.8 Å². The number of nitrogens with zero attached hydrogens (tertiary/aromatic N) is 1. The maximum absolute atomic E-state index is 11.7. The highest BCUT2D eigenvalue weighted by Crippen LogP contribution is 2.07. The summed E-state index contributed by atoms with van der Waals surface area (Å²) in [4.78, 5) is 13.8. The quantitative estimate of drug-likeness (QED) is 0.642. The number of carbonyl (C=O) groups excluding carboxylic acids is 1. The zero-order chi connectivity index (χ0) is 11.3. The van der Waals surface area contributed by atoms with Crippen LogP contribution >= 0.6 is 0 Å². The smallest absolute Gasteiger partial charge is 0.239 e. The van der Waals surface area contributed by atoms with Crippen LogP contribution < -0.4 is 11.1 Å². The number of nitrogens with one attached hydrogen (secondary N) is 1. The van der Waals surface area contributed by atoms with E-state index in [0.29, 0.717) is 19.8 Å². The van der Waals surface area contributed by atoms with Gasteiger partial charge in [0, 0.05) is 25.7 Å². The van der Waals surface area contributed by atoms with Gasteiger partial charge in [-0.3, -0.25) is 9.69 Å². The molecule has 1 heterocycles. The highest BCUT2D eigenvalue weighted by Gasteiger charge is 2.29. The van der Waals surface area contributed by atoms with Crippen molar-refractivity contribution in [2.24, 2.45) is 5.73 Å². The Morgan fingerprint density at radius 3 is 3.07 bits per heavy atom. The van der Waals surface area contributed by atoms with Crippen LogP contribution in [0.25, 0.3) is 0 Å². The number of morpholine rings is 1. The second-order valence-corrected chi connectivity index (χ2v) is 3.96. The van der Waals surface area contributed by atoms with Gasteiger partial charge in [0.1, 0.15) is 6.04 Å². The van der Waals surface area contributed by atoms with E-state index in [4.69, 9.17) is 10.5 Å². The maximum atomic E-state index is 11.7. The number of amides is 1. The Morgan fingerprint density at radius 2 is 2.47 bits per heavy atom. The fourth-order valence-electron chi connectivity index (χ4n) is 1.76. The third kappa shape index (κ3) is 3.77. The molecule has 0 bridgehead atoms. The van der Waals surface area contributed by atoms with Gasteiger partial charge in [-0.05, 0) is 13.8 Å². The van der Waals surface area contributed by atoms with Gasteiger partial charge in [-0.25, -0.2) is 0 Å². The summed E-state index contributed by atoms with van der Waals surface area (Å²) < 4.78 is 5.32. The second kappa shape index (κ2) is 6.05. The Labute approximate surface area is 90.9 Å². The minimum atomic E-state index is -0.176. The summed E-state index contributed by atoms with van der Waals surface area (Å²) in [6.07, 6.45) is 0. The van der Waals surface area contributed by atoms with E-state index in [9.17, 15) is 4.79 Å². The molecule has 5 nitrogen and oxygen atoms in total. The summed E-state index contributed by atoms with van der Waals surface area (Å²) in [6, 6.07) is -0.0928. The average Bonchev–Trinajstić information content (AvgIpc) is 2.18. The van der Waals surface area contributed by atoms with E-state index in [-0.39, 0.29) is 18.0 Å². The van der Waals surface area contributed by atoms with Gasteiger partial charge in [-0.2, -0.15) is 0 Å². The molecule has 1 rings (SSSR count). The largest absolute Gasteiger partial charge is 0.378 e. The number of hydrogen-bond donors (Lipinski definition) is 2. The number of hydrogen-bond acceptors (Lipinski definition) is 4. The van der Waals surface area contributed by atoms with Crippen molar-refractivity contribution in [3.05, 3.63) is 0 Å². The van der Waals surface area contributed by atoms with Gasteiger partial charge in [0.15, 0.2) is 0 Å². The highest BCUT2D eigenvalue weighted by atomic mass is 16.5. The van der Waals surface area contributed by atoms with Crippen molar-refractivity contribution in [2.45, 2.75) is 25.9 Å². The first-order valence-corrected chi connectivity index (χ1v) is 5.50. The third-order valence-corrected chi connectivity index (χ3v) is 2.42. The zero-order valence-electron chi connectivity index (χ0n) is 9.53. The monoisotopic (exact) mass is 215 g/mol. The molecule has 15 heavy (non-hydrogen) atoms. The maximum Gasteiger partial charge on any atom is 0.239 e. The molecule has 0 aromatic rings. The standard InChI is InChI=1S/C10H21N3O2/c1-3-12-10(14)9-7-15-5-4-13(9)6-8(2)11/h8-9H,3-7,11H2,1-2H3,(H,12,14). The van der Waals surface area contributed by atoms with Crippen molar-refractivity contribution in [3.63, 3.8) is 0 Å². The van der Waals surface area contributed by atoms with Gasteiger partial charge in [-0.15, -0.1) is 0 Å². The normalized spacial score (nSPS) is 24.9. The summed E-state index contributed by atoms with van der Waals surface area (Å²) >= 11 is 0. The highest BCUT2D eigenvalue weighted by molar-refractivity contribution is 5.81. The predicted octanol–water partition coefficient (Wildman–Crippen LogP) is -0.829. The first-order valence-electron chi connectivity index (χ1n) is 5.50. The molecule has 1 amide bonds. The fraction of sp³-hybridized carbons (Fsp3) is 0.900. The predicted molar refractivity (Wildman–Crippen MR) is 58.5 cm³/mol. The molecule has 0 spiro atoms. The van der Waals surface area contributed by atoms with Crippen LogP contribution in [0.5, 0.6) is 0 Å². The molecule has 5 heteroatoms. The fourth-order valence-corrected chi connectivity index (χ4v) is 1.76. The summed E-state index contributed by atoms with van der Waals surface area (Å²) in [7, 11) is 0. The molecule has 0 radical (unpaired) electrons. The number of rotatable bonds is 4. The number of carbonyl (C=O) groups is 1. The SMILES string of the molecule is CCNC(=O)C1COCCN1CC(C)N. The van der Waals surface area contributed by atoms with Gasteiger partial charge in [-0.1, -0.05) is 0 Å². The van der Waals surface area contributed by atoms with Crippen LogP contribution in [0.2, 0.25) is 0 Å². The Morgan fingerprint density at radius 1 is 1.73 bits per heavy atom. The number of likely N-dealkylation sites (N-methyl/N-ethyl adjacent to an activating group) is 1. The minimum absolute atomic E-state index is 0.0397. The number of ether oxygens (including phenoxy) is 1. The van der Waals surface area contributed by atoms with E-state index in [2.05, 4.69) is 10.2 Å². The molecule has 0 aromatic carbocycles. The van der Waals surface area contributed by atoms with Crippen molar-refractivity contribution in [3.8, 4) is 0 Å². The third-order valence-electron chi connectivity index (χ3n) is 2.42. The lowest BCUT2D eigenvalue weighted by atomic mass is 10.2. The molecule has 0 aliphatic carbocycles. The molecule has 1 aliphatic heterocycles. The minimum Gasteiger partial charge on any atom is -0.378 e. The topological polar surface area (TPSA) is 67.6 Å². The average molecular weight is 215 g/mol. The van der Waals surface area contributed by atoms with Crippen LogP contribution in [0, 0.1) is 0 Å². The molecule has 0 aromatic heterocycles. The summed E-state index contributed by atoms with van der Waals surface area (Å²) in [5, 5.41) is 2.82. The van der Waals surface area contributed by atoms with E-state index in [0.717, 1.165) is 13.1 Å². The van der Waals surface area contributed by atoms with Gasteiger partial charge in [0.25, 0.3) is 0 Å².